The molecule has 1 fully saturated rings. The fourth-order valence-electron chi connectivity index (χ4n) is 3.17. The summed E-state index contributed by atoms with van der Waals surface area (Å²) in [5, 5.41) is 12.7. The van der Waals surface area contributed by atoms with E-state index in [1.54, 1.807) is 11.0 Å². The number of hydrogen-bond donors (Lipinski definition) is 1. The number of aromatic nitrogens is 2. The van der Waals surface area contributed by atoms with Crippen molar-refractivity contribution in [2.75, 3.05) is 25.4 Å². The van der Waals surface area contributed by atoms with Crippen LogP contribution in [0.1, 0.15) is 39.5 Å². The summed E-state index contributed by atoms with van der Waals surface area (Å²) in [5.74, 6) is -0.241. The standard InChI is InChI=1S/C21H28FN3O6S/c1-21(2,3)30-20(27)25-8-6-15(7-9-25)29-13-18-23-19(24-31-18)14-4-5-17(16(22)12-14)32(28)11-10-26/h4-5,12,15,26H,6-11,13H2,1-3H3. The van der Waals surface area contributed by atoms with Gasteiger partial charge in [-0.2, -0.15) is 4.98 Å². The van der Waals surface area contributed by atoms with Crippen LogP contribution < -0.4 is 0 Å². The van der Waals surface area contributed by atoms with Crippen LogP contribution in [0.4, 0.5) is 9.18 Å². The summed E-state index contributed by atoms with van der Waals surface area (Å²) >= 11 is 0. The lowest BCUT2D eigenvalue weighted by Gasteiger charge is -2.33. The van der Waals surface area contributed by atoms with Crippen LogP contribution in [0.2, 0.25) is 0 Å². The molecule has 1 aromatic carbocycles. The molecule has 1 saturated heterocycles. The minimum Gasteiger partial charge on any atom is -0.444 e. The molecular formula is C21H28FN3O6S. The molecule has 2 heterocycles. The number of piperidine rings is 1. The number of ether oxygens (including phenoxy) is 2. The van der Waals surface area contributed by atoms with Gasteiger partial charge in [0.1, 0.15) is 18.0 Å². The molecule has 176 valence electrons. The maximum Gasteiger partial charge on any atom is 0.410 e. The van der Waals surface area contributed by atoms with Crippen molar-refractivity contribution < 1.29 is 32.5 Å². The normalized spacial score (nSPS) is 16.2. The molecule has 1 unspecified atom stereocenters. The first kappa shape index (κ1) is 24.3. The first-order valence-electron chi connectivity index (χ1n) is 10.4. The average Bonchev–Trinajstić information content (AvgIpc) is 3.20. The van der Waals surface area contributed by atoms with Crippen LogP contribution >= 0.6 is 0 Å². The average molecular weight is 470 g/mol. The van der Waals surface area contributed by atoms with Crippen molar-refractivity contribution in [2.45, 2.75) is 56.8 Å². The molecule has 0 radical (unpaired) electrons. The SMILES string of the molecule is CC(C)(C)OC(=O)N1CCC(OCc2nc(-c3ccc(S(=O)CCO)c(F)c3)no2)CC1. The van der Waals surface area contributed by atoms with Crippen LogP contribution in [0.25, 0.3) is 11.4 Å². The van der Waals surface area contributed by atoms with Gasteiger partial charge in [-0.05, 0) is 51.8 Å². The molecule has 1 amide bonds. The van der Waals surface area contributed by atoms with E-state index in [2.05, 4.69) is 10.1 Å². The summed E-state index contributed by atoms with van der Waals surface area (Å²) < 4.78 is 42.6. The van der Waals surface area contributed by atoms with Gasteiger partial charge in [-0.15, -0.1) is 0 Å². The van der Waals surface area contributed by atoms with Gasteiger partial charge in [-0.3, -0.25) is 4.21 Å². The molecule has 0 aliphatic carbocycles. The number of aliphatic hydroxyl groups excluding tert-OH is 1. The van der Waals surface area contributed by atoms with Gasteiger partial charge in [0.25, 0.3) is 5.89 Å². The van der Waals surface area contributed by atoms with Gasteiger partial charge < -0.3 is 24.0 Å². The summed E-state index contributed by atoms with van der Waals surface area (Å²) in [6, 6.07) is 4.13. The fourth-order valence-corrected chi connectivity index (χ4v) is 4.05. The van der Waals surface area contributed by atoms with Crippen molar-refractivity contribution in [3.8, 4) is 11.4 Å². The summed E-state index contributed by atoms with van der Waals surface area (Å²) in [6.45, 7) is 6.39. The van der Waals surface area contributed by atoms with Crippen molar-refractivity contribution in [2.24, 2.45) is 0 Å². The van der Waals surface area contributed by atoms with E-state index in [9.17, 15) is 13.4 Å². The van der Waals surface area contributed by atoms with Gasteiger partial charge in [0.2, 0.25) is 5.82 Å². The largest absolute Gasteiger partial charge is 0.444 e. The van der Waals surface area contributed by atoms with E-state index in [0.29, 0.717) is 31.5 Å². The van der Waals surface area contributed by atoms with E-state index in [0.717, 1.165) is 0 Å². The number of benzene rings is 1. The van der Waals surface area contributed by atoms with Crippen LogP contribution in [0.3, 0.4) is 0 Å². The van der Waals surface area contributed by atoms with Gasteiger partial charge in [0.15, 0.2) is 0 Å². The molecule has 2 aromatic rings. The predicted molar refractivity (Wildman–Crippen MR) is 114 cm³/mol. The highest BCUT2D eigenvalue weighted by Gasteiger charge is 2.27. The molecule has 0 spiro atoms. The molecule has 1 aliphatic rings. The molecule has 1 aliphatic heterocycles. The number of aliphatic hydroxyl groups is 1. The Bertz CT molecular complexity index is 953. The van der Waals surface area contributed by atoms with Crippen LogP contribution in [0, 0.1) is 5.82 Å². The van der Waals surface area contributed by atoms with Crippen molar-refractivity contribution >= 4 is 16.9 Å². The third-order valence-electron chi connectivity index (χ3n) is 4.72. The number of carbonyl (C=O) groups excluding carboxylic acids is 1. The Labute approximate surface area is 188 Å². The molecule has 11 heteroatoms. The Morgan fingerprint density at radius 1 is 1.34 bits per heavy atom. The van der Waals surface area contributed by atoms with E-state index in [1.165, 1.54) is 12.1 Å². The maximum absolute atomic E-state index is 14.3. The van der Waals surface area contributed by atoms with Gasteiger partial charge in [0, 0.05) is 18.7 Å². The highest BCUT2D eigenvalue weighted by Crippen LogP contribution is 2.23. The Kier molecular flexibility index (Phi) is 7.96. The van der Waals surface area contributed by atoms with Gasteiger partial charge >= 0.3 is 6.09 Å². The van der Waals surface area contributed by atoms with Crippen LogP contribution in [-0.4, -0.2) is 67.6 Å². The van der Waals surface area contributed by atoms with E-state index in [1.807, 2.05) is 20.8 Å². The van der Waals surface area contributed by atoms with Crippen LogP contribution in [0.5, 0.6) is 0 Å². The minimum absolute atomic E-state index is 0.0209. The zero-order valence-electron chi connectivity index (χ0n) is 18.4. The third-order valence-corrected chi connectivity index (χ3v) is 6.09. The lowest BCUT2D eigenvalue weighted by molar-refractivity contribution is -0.0231. The van der Waals surface area contributed by atoms with E-state index >= 15 is 0 Å². The van der Waals surface area contributed by atoms with E-state index in [-0.39, 0.29) is 47.8 Å². The Hall–Kier alpha value is -2.37. The molecule has 3 rings (SSSR count). The second-order valence-corrected chi connectivity index (χ2v) is 9.95. The predicted octanol–water partition coefficient (Wildman–Crippen LogP) is 2.89. The van der Waals surface area contributed by atoms with Gasteiger partial charge in [0.05, 0.1) is 34.2 Å². The monoisotopic (exact) mass is 469 g/mol. The second-order valence-electron chi connectivity index (χ2n) is 8.41. The first-order chi connectivity index (χ1) is 15.2. The summed E-state index contributed by atoms with van der Waals surface area (Å²) in [4.78, 5) is 18.0. The van der Waals surface area contributed by atoms with Crippen molar-refractivity contribution in [1.82, 2.24) is 15.0 Å². The quantitative estimate of drug-likeness (QED) is 0.658. The number of carbonyl (C=O) groups is 1. The minimum atomic E-state index is -1.61. The molecule has 9 nitrogen and oxygen atoms in total. The van der Waals surface area contributed by atoms with E-state index < -0.39 is 22.2 Å². The lowest BCUT2D eigenvalue weighted by Crippen LogP contribution is -2.43. The van der Waals surface area contributed by atoms with Crippen molar-refractivity contribution in [1.29, 1.82) is 0 Å². The summed E-state index contributed by atoms with van der Waals surface area (Å²) in [7, 11) is -1.61. The Morgan fingerprint density at radius 2 is 2.06 bits per heavy atom. The van der Waals surface area contributed by atoms with Crippen molar-refractivity contribution in [3.05, 3.63) is 29.9 Å². The third kappa shape index (κ3) is 6.57. The zero-order chi connectivity index (χ0) is 23.3. The van der Waals surface area contributed by atoms with Gasteiger partial charge in [-0.1, -0.05) is 5.16 Å². The topological polar surface area (TPSA) is 115 Å². The van der Waals surface area contributed by atoms with E-state index in [4.69, 9.17) is 19.1 Å². The molecule has 0 saturated carbocycles. The Balaban J connectivity index is 1.51. The molecular weight excluding hydrogens is 441 g/mol. The second kappa shape index (κ2) is 10.5. The molecule has 1 aromatic heterocycles. The number of rotatable bonds is 7. The molecule has 0 bridgehead atoms. The zero-order valence-corrected chi connectivity index (χ0v) is 19.2. The number of amides is 1. The van der Waals surface area contributed by atoms with Crippen molar-refractivity contribution in [3.63, 3.8) is 0 Å². The lowest BCUT2D eigenvalue weighted by atomic mass is 10.1. The van der Waals surface area contributed by atoms with Crippen LogP contribution in [0.15, 0.2) is 27.6 Å². The number of likely N-dealkylation sites (tertiary alicyclic amines) is 1. The number of nitrogens with zero attached hydrogens (tertiary/aromatic N) is 3. The smallest absolute Gasteiger partial charge is 0.410 e. The molecule has 32 heavy (non-hydrogen) atoms. The molecule has 1 atom stereocenters. The summed E-state index contributed by atoms with van der Waals surface area (Å²) in [5.41, 5.74) is -0.146. The highest BCUT2D eigenvalue weighted by molar-refractivity contribution is 7.85. The first-order valence-corrected chi connectivity index (χ1v) is 11.7. The molecule has 1 N–H and O–H groups in total. The maximum atomic E-state index is 14.3. The number of hydrogen-bond acceptors (Lipinski definition) is 8. The number of halogens is 1. The summed E-state index contributed by atoms with van der Waals surface area (Å²) in [6.07, 6.45) is 0.952. The van der Waals surface area contributed by atoms with Gasteiger partial charge in [-0.25, -0.2) is 9.18 Å². The van der Waals surface area contributed by atoms with Crippen LogP contribution in [-0.2, 0) is 26.9 Å². The fraction of sp³-hybridized carbons (Fsp3) is 0.571. The highest BCUT2D eigenvalue weighted by atomic mass is 32.2. The Morgan fingerprint density at radius 3 is 2.69 bits per heavy atom.